The lowest BCUT2D eigenvalue weighted by atomic mass is 10.2. The molecule has 0 saturated heterocycles. The van der Waals surface area contributed by atoms with Gasteiger partial charge in [0.2, 0.25) is 15.9 Å². The lowest BCUT2D eigenvalue weighted by Gasteiger charge is -2.11. The van der Waals surface area contributed by atoms with Crippen LogP contribution in [0.2, 0.25) is 0 Å². The van der Waals surface area contributed by atoms with E-state index in [1.807, 2.05) is 24.3 Å². The summed E-state index contributed by atoms with van der Waals surface area (Å²) in [5, 5.41) is 12.7. The number of fused-ring (bicyclic) bond motifs is 1. The first-order valence-corrected chi connectivity index (χ1v) is 11.1. The van der Waals surface area contributed by atoms with E-state index >= 15 is 0 Å². The van der Waals surface area contributed by atoms with Crippen molar-refractivity contribution < 1.29 is 22.6 Å². The summed E-state index contributed by atoms with van der Waals surface area (Å²) >= 11 is 0. The molecule has 166 valence electrons. The van der Waals surface area contributed by atoms with Crippen LogP contribution in [0.4, 0.5) is 0 Å². The van der Waals surface area contributed by atoms with Crippen LogP contribution in [0.3, 0.4) is 0 Å². The van der Waals surface area contributed by atoms with E-state index in [2.05, 4.69) is 20.0 Å². The Balaban J connectivity index is 1.43. The van der Waals surface area contributed by atoms with Crippen molar-refractivity contribution in [1.29, 1.82) is 0 Å². The second kappa shape index (κ2) is 9.20. The zero-order valence-electron chi connectivity index (χ0n) is 17.4. The fraction of sp³-hybridized carbons (Fsp3) is 0.190. The van der Waals surface area contributed by atoms with Gasteiger partial charge >= 0.3 is 0 Å². The number of nitrogens with one attached hydrogen (secondary N) is 1. The standard InChI is InChI=1S/C21H21N5O5S/c1-29-16-9-7-15(8-10-16)21-24-23-19-11-12-20(25-26(19)21)31-14-13-22-32(27,28)18-6-4-3-5-17(18)30-2/h3-12,22H,13-14H2,1-2H3. The predicted octanol–water partition coefficient (Wildman–Crippen LogP) is 2.17. The SMILES string of the molecule is COc1ccc(-c2nnc3ccc(OCCNS(=O)(=O)c4ccccc4OC)nn23)cc1. The molecule has 32 heavy (non-hydrogen) atoms. The number of para-hydroxylation sites is 1. The van der Waals surface area contributed by atoms with E-state index in [9.17, 15) is 8.42 Å². The average Bonchev–Trinajstić information content (AvgIpc) is 3.25. The number of hydrogen-bond donors (Lipinski definition) is 1. The minimum Gasteiger partial charge on any atom is -0.497 e. The lowest BCUT2D eigenvalue weighted by molar-refractivity contribution is 0.305. The molecule has 2 aromatic carbocycles. The van der Waals surface area contributed by atoms with E-state index in [0.717, 1.165) is 11.3 Å². The molecular weight excluding hydrogens is 434 g/mol. The van der Waals surface area contributed by atoms with Gasteiger partial charge in [0.25, 0.3) is 0 Å². The molecule has 11 heteroatoms. The molecule has 0 fully saturated rings. The monoisotopic (exact) mass is 455 g/mol. The Morgan fingerprint density at radius 3 is 2.47 bits per heavy atom. The normalized spacial score (nSPS) is 11.4. The van der Waals surface area contributed by atoms with Gasteiger partial charge in [0.15, 0.2) is 11.5 Å². The molecule has 0 aliphatic carbocycles. The first-order valence-electron chi connectivity index (χ1n) is 9.64. The molecule has 0 spiro atoms. The zero-order valence-corrected chi connectivity index (χ0v) is 18.2. The van der Waals surface area contributed by atoms with Gasteiger partial charge in [-0.3, -0.25) is 0 Å². The van der Waals surface area contributed by atoms with E-state index in [0.29, 0.717) is 17.4 Å². The van der Waals surface area contributed by atoms with Crippen LogP contribution in [-0.2, 0) is 10.0 Å². The molecule has 10 nitrogen and oxygen atoms in total. The number of benzene rings is 2. The lowest BCUT2D eigenvalue weighted by Crippen LogP contribution is -2.28. The summed E-state index contributed by atoms with van der Waals surface area (Å²) in [6.45, 7) is 0.125. The summed E-state index contributed by atoms with van der Waals surface area (Å²) in [4.78, 5) is 0.0654. The smallest absolute Gasteiger partial charge is 0.244 e. The summed E-state index contributed by atoms with van der Waals surface area (Å²) in [6, 6.07) is 17.1. The van der Waals surface area contributed by atoms with E-state index in [1.54, 1.807) is 42.0 Å². The van der Waals surface area contributed by atoms with Gasteiger partial charge < -0.3 is 14.2 Å². The Labute approximate surface area is 184 Å². The Bertz CT molecular complexity index is 1320. The first kappa shape index (κ1) is 21.5. The number of rotatable bonds is 9. The van der Waals surface area contributed by atoms with Crippen molar-refractivity contribution in [3.63, 3.8) is 0 Å². The third-order valence-electron chi connectivity index (χ3n) is 4.59. The summed E-state index contributed by atoms with van der Waals surface area (Å²) < 4.78 is 45.0. The highest BCUT2D eigenvalue weighted by atomic mass is 32.2. The van der Waals surface area contributed by atoms with E-state index in [4.69, 9.17) is 14.2 Å². The number of sulfonamides is 1. The topological polar surface area (TPSA) is 117 Å². The Kier molecular flexibility index (Phi) is 6.19. The molecule has 0 atom stereocenters. The summed E-state index contributed by atoms with van der Waals surface area (Å²) in [6.07, 6.45) is 0. The highest BCUT2D eigenvalue weighted by Gasteiger charge is 2.18. The molecule has 1 N–H and O–H groups in total. The zero-order chi connectivity index (χ0) is 22.6. The number of methoxy groups -OCH3 is 2. The van der Waals surface area contributed by atoms with E-state index in [-0.39, 0.29) is 23.8 Å². The van der Waals surface area contributed by atoms with Gasteiger partial charge in [-0.05, 0) is 42.5 Å². The van der Waals surface area contributed by atoms with E-state index < -0.39 is 10.0 Å². The molecule has 0 bridgehead atoms. The third kappa shape index (κ3) is 4.48. The maximum Gasteiger partial charge on any atom is 0.244 e. The Morgan fingerprint density at radius 2 is 1.72 bits per heavy atom. The van der Waals surface area contributed by atoms with Crippen LogP contribution in [0.25, 0.3) is 17.0 Å². The molecule has 4 rings (SSSR count). The number of aromatic nitrogens is 4. The molecule has 2 aromatic heterocycles. The van der Waals surface area contributed by atoms with Crippen LogP contribution in [0.5, 0.6) is 17.4 Å². The molecule has 2 heterocycles. The van der Waals surface area contributed by atoms with Crippen molar-refractivity contribution in [2.75, 3.05) is 27.4 Å². The fourth-order valence-corrected chi connectivity index (χ4v) is 4.20. The second-order valence-corrected chi connectivity index (χ2v) is 8.33. The number of ether oxygens (including phenoxy) is 3. The predicted molar refractivity (Wildman–Crippen MR) is 116 cm³/mol. The van der Waals surface area contributed by atoms with Crippen LogP contribution < -0.4 is 18.9 Å². The van der Waals surface area contributed by atoms with Gasteiger partial charge in [-0.15, -0.1) is 15.3 Å². The molecule has 0 radical (unpaired) electrons. The quantitative estimate of drug-likeness (QED) is 0.382. The van der Waals surface area contributed by atoms with Crippen molar-refractivity contribution in [3.8, 4) is 28.8 Å². The second-order valence-electron chi connectivity index (χ2n) is 6.59. The van der Waals surface area contributed by atoms with Crippen LogP contribution in [0.15, 0.2) is 65.6 Å². The highest BCUT2D eigenvalue weighted by molar-refractivity contribution is 7.89. The fourth-order valence-electron chi connectivity index (χ4n) is 3.02. The first-order chi connectivity index (χ1) is 15.5. The van der Waals surface area contributed by atoms with Crippen molar-refractivity contribution in [2.45, 2.75) is 4.90 Å². The molecule has 0 amide bonds. The van der Waals surface area contributed by atoms with Crippen molar-refractivity contribution in [3.05, 3.63) is 60.7 Å². The summed E-state index contributed by atoms with van der Waals surface area (Å²) in [7, 11) is -0.721. The van der Waals surface area contributed by atoms with Crippen LogP contribution in [0.1, 0.15) is 0 Å². The number of hydrogen-bond acceptors (Lipinski definition) is 8. The van der Waals surface area contributed by atoms with Crippen molar-refractivity contribution in [1.82, 2.24) is 24.5 Å². The van der Waals surface area contributed by atoms with Crippen LogP contribution in [0, 0.1) is 0 Å². The van der Waals surface area contributed by atoms with E-state index in [1.165, 1.54) is 13.2 Å². The van der Waals surface area contributed by atoms with Crippen molar-refractivity contribution in [2.24, 2.45) is 0 Å². The summed E-state index contributed by atoms with van der Waals surface area (Å²) in [5.41, 5.74) is 1.37. The van der Waals surface area contributed by atoms with Gasteiger partial charge in [-0.1, -0.05) is 12.1 Å². The van der Waals surface area contributed by atoms with Gasteiger partial charge in [0, 0.05) is 18.2 Å². The number of nitrogens with zero attached hydrogens (tertiary/aromatic N) is 4. The Morgan fingerprint density at radius 1 is 0.938 bits per heavy atom. The van der Waals surface area contributed by atoms with Gasteiger partial charge in [-0.25, -0.2) is 13.1 Å². The van der Waals surface area contributed by atoms with Crippen LogP contribution >= 0.6 is 0 Å². The van der Waals surface area contributed by atoms with Gasteiger partial charge in [0.1, 0.15) is 23.0 Å². The Hall–Kier alpha value is -3.70. The largest absolute Gasteiger partial charge is 0.497 e. The summed E-state index contributed by atoms with van der Waals surface area (Å²) in [5.74, 6) is 1.86. The minimum absolute atomic E-state index is 0.0492. The maximum atomic E-state index is 12.5. The molecule has 0 unspecified atom stereocenters. The molecule has 0 saturated carbocycles. The third-order valence-corrected chi connectivity index (χ3v) is 6.09. The van der Waals surface area contributed by atoms with Crippen molar-refractivity contribution >= 4 is 15.7 Å². The average molecular weight is 455 g/mol. The molecule has 4 aromatic rings. The molecule has 0 aliphatic rings. The van der Waals surface area contributed by atoms with Gasteiger partial charge in [-0.2, -0.15) is 4.52 Å². The van der Waals surface area contributed by atoms with Gasteiger partial charge in [0.05, 0.1) is 14.2 Å². The molecule has 0 aliphatic heterocycles. The van der Waals surface area contributed by atoms with Crippen LogP contribution in [-0.4, -0.2) is 55.6 Å². The minimum atomic E-state index is -3.74. The maximum absolute atomic E-state index is 12.5. The molecular formula is C21H21N5O5S. The highest BCUT2D eigenvalue weighted by Crippen LogP contribution is 2.23.